The highest BCUT2D eigenvalue weighted by Crippen LogP contribution is 2.15. The van der Waals surface area contributed by atoms with E-state index in [0.29, 0.717) is 23.7 Å². The molecule has 0 fully saturated rings. The Morgan fingerprint density at radius 3 is 2.67 bits per heavy atom. The third kappa shape index (κ3) is 4.77. The van der Waals surface area contributed by atoms with Crippen molar-refractivity contribution in [1.82, 2.24) is 19.9 Å². The third-order valence-corrected chi connectivity index (χ3v) is 4.98. The number of hydrogen-bond acceptors (Lipinski definition) is 6. The van der Waals surface area contributed by atoms with Gasteiger partial charge >= 0.3 is 5.76 Å². The molecular weight excluding hydrogens is 364 g/mol. The fourth-order valence-electron chi connectivity index (χ4n) is 2.84. The molecule has 0 saturated heterocycles. The minimum Gasteiger partial charge on any atom is -0.408 e. The molecule has 8 heteroatoms. The Kier molecular flexibility index (Phi) is 5.95. The Morgan fingerprint density at radius 2 is 1.96 bits per heavy atom. The van der Waals surface area contributed by atoms with Gasteiger partial charge in [0, 0.05) is 24.0 Å². The van der Waals surface area contributed by atoms with Gasteiger partial charge in [-0.15, -0.1) is 0 Å². The third-order valence-electron chi connectivity index (χ3n) is 4.13. The second kappa shape index (κ2) is 8.39. The Bertz CT molecular complexity index is 991. The summed E-state index contributed by atoms with van der Waals surface area (Å²) in [5.74, 6) is -0.308. The predicted octanol–water partition coefficient (Wildman–Crippen LogP) is 2.69. The van der Waals surface area contributed by atoms with Crippen molar-refractivity contribution in [3.8, 4) is 0 Å². The van der Waals surface area contributed by atoms with Gasteiger partial charge in [0.15, 0.2) is 10.7 Å². The number of carbonyl (C=O) groups is 1. The van der Waals surface area contributed by atoms with Crippen molar-refractivity contribution in [2.24, 2.45) is 0 Å². The molecular formula is C19H22N4O3S. The second-order valence-electron chi connectivity index (χ2n) is 6.34. The fraction of sp³-hybridized carbons (Fsp3) is 0.368. The van der Waals surface area contributed by atoms with Gasteiger partial charge in [0.25, 0.3) is 0 Å². The van der Waals surface area contributed by atoms with Crippen molar-refractivity contribution in [3.05, 3.63) is 52.3 Å². The molecule has 27 heavy (non-hydrogen) atoms. The van der Waals surface area contributed by atoms with E-state index in [1.807, 2.05) is 45.0 Å². The summed E-state index contributed by atoms with van der Waals surface area (Å²) >= 11 is 1.30. The minimum atomic E-state index is -0.415. The summed E-state index contributed by atoms with van der Waals surface area (Å²) in [6.45, 7) is 6.14. The van der Waals surface area contributed by atoms with Crippen LogP contribution in [0.5, 0.6) is 0 Å². The van der Waals surface area contributed by atoms with Gasteiger partial charge < -0.3 is 9.73 Å². The minimum absolute atomic E-state index is 0.115. The molecule has 0 radical (unpaired) electrons. The van der Waals surface area contributed by atoms with E-state index >= 15 is 0 Å². The van der Waals surface area contributed by atoms with Gasteiger partial charge in [0.1, 0.15) is 0 Å². The van der Waals surface area contributed by atoms with Crippen LogP contribution < -0.4 is 11.1 Å². The van der Waals surface area contributed by atoms with E-state index in [1.54, 1.807) is 10.6 Å². The Morgan fingerprint density at radius 1 is 1.26 bits per heavy atom. The number of aromatic nitrogens is 3. The van der Waals surface area contributed by atoms with E-state index < -0.39 is 5.76 Å². The molecule has 0 bridgehead atoms. The quantitative estimate of drug-likeness (QED) is 0.496. The van der Waals surface area contributed by atoms with Crippen molar-refractivity contribution in [3.63, 3.8) is 0 Å². The molecule has 0 saturated carbocycles. The largest absolute Gasteiger partial charge is 0.420 e. The van der Waals surface area contributed by atoms with Crippen LogP contribution in [0.15, 0.2) is 44.7 Å². The van der Waals surface area contributed by atoms with Gasteiger partial charge in [0.05, 0.1) is 11.3 Å². The fourth-order valence-corrected chi connectivity index (χ4v) is 3.60. The summed E-state index contributed by atoms with van der Waals surface area (Å²) in [6, 6.07) is 8.99. The Balaban J connectivity index is 1.63. The van der Waals surface area contributed by atoms with Crippen LogP contribution in [0, 0.1) is 13.8 Å². The molecule has 7 nitrogen and oxygen atoms in total. The Hall–Kier alpha value is -2.61. The number of para-hydroxylation sites is 2. The first-order valence-electron chi connectivity index (χ1n) is 8.79. The summed E-state index contributed by atoms with van der Waals surface area (Å²) in [6.07, 6.45) is 0.697. The van der Waals surface area contributed by atoms with E-state index in [2.05, 4.69) is 15.3 Å². The maximum absolute atomic E-state index is 12.3. The number of amides is 1. The van der Waals surface area contributed by atoms with Gasteiger partial charge in [0.2, 0.25) is 5.91 Å². The van der Waals surface area contributed by atoms with Crippen LogP contribution in [0.3, 0.4) is 0 Å². The number of benzene rings is 1. The molecule has 1 amide bonds. The average Bonchev–Trinajstić information content (AvgIpc) is 2.94. The molecule has 0 spiro atoms. The van der Waals surface area contributed by atoms with Crippen molar-refractivity contribution in [2.75, 3.05) is 5.75 Å². The van der Waals surface area contributed by atoms with Gasteiger partial charge in [-0.3, -0.25) is 9.36 Å². The van der Waals surface area contributed by atoms with E-state index in [4.69, 9.17) is 4.42 Å². The lowest BCUT2D eigenvalue weighted by Crippen LogP contribution is -2.40. The molecule has 1 atom stereocenters. The first-order valence-corrected chi connectivity index (χ1v) is 9.77. The molecule has 2 aromatic heterocycles. The van der Waals surface area contributed by atoms with Crippen molar-refractivity contribution in [2.45, 2.75) is 44.9 Å². The van der Waals surface area contributed by atoms with Crippen LogP contribution >= 0.6 is 11.8 Å². The molecule has 3 aromatic rings. The van der Waals surface area contributed by atoms with Crippen LogP contribution in [-0.4, -0.2) is 32.2 Å². The highest BCUT2D eigenvalue weighted by molar-refractivity contribution is 7.99. The number of hydrogen-bond donors (Lipinski definition) is 1. The molecule has 0 unspecified atom stereocenters. The number of carbonyl (C=O) groups excluding carboxylic acids is 1. The molecule has 0 aliphatic carbocycles. The van der Waals surface area contributed by atoms with E-state index in [9.17, 15) is 9.59 Å². The van der Waals surface area contributed by atoms with E-state index in [-0.39, 0.29) is 17.7 Å². The lowest BCUT2D eigenvalue weighted by Gasteiger charge is -2.17. The highest BCUT2D eigenvalue weighted by Gasteiger charge is 2.16. The van der Waals surface area contributed by atoms with Crippen LogP contribution in [-0.2, 0) is 11.3 Å². The van der Waals surface area contributed by atoms with Crippen molar-refractivity contribution >= 4 is 28.8 Å². The molecule has 0 aliphatic rings. The number of aryl methyl sites for hydroxylation is 2. The number of oxazole rings is 1. The first kappa shape index (κ1) is 19.2. The number of nitrogens with one attached hydrogen (secondary N) is 1. The van der Waals surface area contributed by atoms with Crippen molar-refractivity contribution < 1.29 is 9.21 Å². The normalized spacial score (nSPS) is 12.3. The summed E-state index contributed by atoms with van der Waals surface area (Å²) in [5.41, 5.74) is 3.03. The van der Waals surface area contributed by atoms with Crippen LogP contribution in [0.2, 0.25) is 0 Å². The molecule has 1 aromatic carbocycles. The molecule has 2 heterocycles. The van der Waals surface area contributed by atoms with Gasteiger partial charge in [-0.1, -0.05) is 30.8 Å². The molecule has 1 N–H and O–H groups in total. The molecule has 142 valence electrons. The van der Waals surface area contributed by atoms with Crippen LogP contribution in [0.4, 0.5) is 0 Å². The number of fused-ring (bicyclic) bond motifs is 1. The van der Waals surface area contributed by atoms with E-state index in [0.717, 1.165) is 16.9 Å². The zero-order chi connectivity index (χ0) is 19.4. The van der Waals surface area contributed by atoms with E-state index in [1.165, 1.54) is 11.8 Å². The average molecular weight is 386 g/mol. The summed E-state index contributed by atoms with van der Waals surface area (Å²) in [4.78, 5) is 33.1. The maximum Gasteiger partial charge on any atom is 0.420 e. The lowest BCUT2D eigenvalue weighted by molar-refractivity contribution is -0.119. The number of rotatable bonds is 7. The van der Waals surface area contributed by atoms with Gasteiger partial charge in [-0.2, -0.15) is 0 Å². The van der Waals surface area contributed by atoms with Gasteiger partial charge in [-0.25, -0.2) is 14.8 Å². The topological polar surface area (TPSA) is 90.0 Å². The smallest absolute Gasteiger partial charge is 0.408 e. The zero-order valence-corrected chi connectivity index (χ0v) is 16.4. The number of nitrogens with zero attached hydrogens (tertiary/aromatic N) is 3. The summed E-state index contributed by atoms with van der Waals surface area (Å²) < 4.78 is 6.81. The first-order chi connectivity index (χ1) is 13.0. The zero-order valence-electron chi connectivity index (χ0n) is 15.6. The van der Waals surface area contributed by atoms with Crippen LogP contribution in [0.1, 0.15) is 24.7 Å². The predicted molar refractivity (Wildman–Crippen MR) is 105 cm³/mol. The monoisotopic (exact) mass is 386 g/mol. The summed E-state index contributed by atoms with van der Waals surface area (Å²) in [7, 11) is 0. The maximum atomic E-state index is 12.3. The highest BCUT2D eigenvalue weighted by atomic mass is 32.2. The second-order valence-corrected chi connectivity index (χ2v) is 7.28. The Labute approximate surface area is 161 Å². The molecule has 0 aliphatic heterocycles. The van der Waals surface area contributed by atoms with Crippen molar-refractivity contribution in [1.29, 1.82) is 0 Å². The lowest BCUT2D eigenvalue weighted by atomic mass is 10.2. The van der Waals surface area contributed by atoms with Crippen LogP contribution in [0.25, 0.3) is 11.1 Å². The SMILES string of the molecule is CC[C@H](Cn1c(=O)oc2ccccc21)NC(=O)CSc1nc(C)cc(C)n1. The summed E-state index contributed by atoms with van der Waals surface area (Å²) in [5, 5.41) is 3.57. The standard InChI is InChI=1S/C19H22N4O3S/c1-4-14(10-23-15-7-5-6-8-16(15)26-19(23)25)22-17(24)11-27-18-20-12(2)9-13(3)21-18/h5-9,14H,4,10-11H2,1-3H3,(H,22,24)/t14-/m1/s1. The number of thioether (sulfide) groups is 1. The van der Waals surface area contributed by atoms with Gasteiger partial charge in [-0.05, 0) is 38.5 Å². The molecule has 3 rings (SSSR count).